The molecule has 0 N–H and O–H groups in total. The van der Waals surface area contributed by atoms with Crippen LogP contribution in [0.3, 0.4) is 0 Å². The SMILES string of the molecule is CC1(C)c2ccccc2-c2c1ccc1c(-c3ccc(-c4cccc(-c5ccccn5)n4)cc3)nc3ccccc3c21. The Morgan fingerprint density at radius 1 is 0.512 bits per heavy atom. The summed E-state index contributed by atoms with van der Waals surface area (Å²) in [6.07, 6.45) is 1.80. The molecule has 0 radical (unpaired) electrons. The molecular weight excluding hydrogens is 498 g/mol. The number of rotatable bonds is 3. The van der Waals surface area contributed by atoms with Crippen LogP contribution >= 0.6 is 0 Å². The van der Waals surface area contributed by atoms with Crippen molar-refractivity contribution < 1.29 is 0 Å². The second-order valence-electron chi connectivity index (χ2n) is 11.3. The molecule has 3 heterocycles. The number of hydrogen-bond donors (Lipinski definition) is 0. The van der Waals surface area contributed by atoms with Gasteiger partial charge in [-0.25, -0.2) is 9.97 Å². The van der Waals surface area contributed by atoms with Crippen molar-refractivity contribution in [2.45, 2.75) is 19.3 Å². The van der Waals surface area contributed by atoms with Gasteiger partial charge in [-0.3, -0.25) is 4.98 Å². The Kier molecular flexibility index (Phi) is 5.17. The second-order valence-corrected chi connectivity index (χ2v) is 11.3. The first-order valence-electron chi connectivity index (χ1n) is 14.0. The van der Waals surface area contributed by atoms with E-state index < -0.39 is 0 Å². The van der Waals surface area contributed by atoms with E-state index >= 15 is 0 Å². The molecule has 194 valence electrons. The van der Waals surface area contributed by atoms with Gasteiger partial charge in [0.15, 0.2) is 0 Å². The number of aromatic nitrogens is 3. The van der Waals surface area contributed by atoms with E-state index in [1.54, 1.807) is 6.20 Å². The third-order valence-corrected chi connectivity index (χ3v) is 8.54. The zero-order valence-electron chi connectivity index (χ0n) is 23.0. The Labute approximate surface area is 239 Å². The molecule has 0 saturated heterocycles. The zero-order chi connectivity index (χ0) is 27.6. The summed E-state index contributed by atoms with van der Waals surface area (Å²) in [5, 5.41) is 3.66. The molecule has 3 heteroatoms. The molecule has 0 saturated carbocycles. The third kappa shape index (κ3) is 3.63. The molecule has 0 bridgehead atoms. The fraction of sp³-hybridized carbons (Fsp3) is 0.0789. The highest BCUT2D eigenvalue weighted by Crippen LogP contribution is 2.53. The molecule has 0 spiro atoms. The van der Waals surface area contributed by atoms with Gasteiger partial charge in [0.2, 0.25) is 0 Å². The lowest BCUT2D eigenvalue weighted by Gasteiger charge is -2.22. The Morgan fingerprint density at radius 2 is 1.24 bits per heavy atom. The molecule has 8 rings (SSSR count). The van der Waals surface area contributed by atoms with Gasteiger partial charge in [0.25, 0.3) is 0 Å². The monoisotopic (exact) mass is 525 g/mol. The minimum atomic E-state index is -0.0525. The van der Waals surface area contributed by atoms with Crippen LogP contribution in [0.5, 0.6) is 0 Å². The van der Waals surface area contributed by atoms with E-state index in [0.29, 0.717) is 0 Å². The van der Waals surface area contributed by atoms with Crippen molar-refractivity contribution in [3.05, 3.63) is 139 Å². The Hall–Kier alpha value is -5.15. The van der Waals surface area contributed by atoms with Crippen molar-refractivity contribution in [2.24, 2.45) is 0 Å². The average molecular weight is 526 g/mol. The molecule has 1 aliphatic carbocycles. The highest BCUT2D eigenvalue weighted by molar-refractivity contribution is 6.19. The third-order valence-electron chi connectivity index (χ3n) is 8.54. The predicted molar refractivity (Wildman–Crippen MR) is 169 cm³/mol. The molecular formula is C38H27N3. The fourth-order valence-electron chi connectivity index (χ4n) is 6.51. The highest BCUT2D eigenvalue weighted by atomic mass is 14.8. The molecule has 0 fully saturated rings. The normalized spacial score (nSPS) is 13.3. The van der Waals surface area contributed by atoms with Crippen LogP contribution in [-0.2, 0) is 5.41 Å². The van der Waals surface area contributed by atoms with Gasteiger partial charge in [0.1, 0.15) is 0 Å². The first-order valence-corrected chi connectivity index (χ1v) is 14.0. The molecule has 0 aliphatic heterocycles. The van der Waals surface area contributed by atoms with Gasteiger partial charge in [-0.2, -0.15) is 0 Å². The Morgan fingerprint density at radius 3 is 2.10 bits per heavy atom. The van der Waals surface area contributed by atoms with E-state index in [1.165, 1.54) is 38.4 Å². The lowest BCUT2D eigenvalue weighted by Crippen LogP contribution is -2.14. The van der Waals surface area contributed by atoms with Gasteiger partial charge < -0.3 is 0 Å². The van der Waals surface area contributed by atoms with E-state index in [-0.39, 0.29) is 5.41 Å². The zero-order valence-corrected chi connectivity index (χ0v) is 23.0. The van der Waals surface area contributed by atoms with Gasteiger partial charge in [0.05, 0.1) is 28.3 Å². The topological polar surface area (TPSA) is 38.7 Å². The average Bonchev–Trinajstić information content (AvgIpc) is 3.27. The Bertz CT molecular complexity index is 2110. The van der Waals surface area contributed by atoms with Gasteiger partial charge in [-0.05, 0) is 52.6 Å². The molecule has 3 nitrogen and oxygen atoms in total. The summed E-state index contributed by atoms with van der Waals surface area (Å²) < 4.78 is 0. The van der Waals surface area contributed by atoms with E-state index in [1.807, 2.05) is 36.4 Å². The maximum absolute atomic E-state index is 5.22. The van der Waals surface area contributed by atoms with Gasteiger partial charge in [-0.1, -0.05) is 105 Å². The van der Waals surface area contributed by atoms with Crippen molar-refractivity contribution >= 4 is 21.7 Å². The van der Waals surface area contributed by atoms with Crippen LogP contribution in [-0.4, -0.2) is 15.0 Å². The predicted octanol–water partition coefficient (Wildman–Crippen LogP) is 9.49. The molecule has 0 amide bonds. The lowest BCUT2D eigenvalue weighted by atomic mass is 9.82. The largest absolute Gasteiger partial charge is 0.255 e. The highest BCUT2D eigenvalue weighted by Gasteiger charge is 2.36. The number of hydrogen-bond acceptors (Lipinski definition) is 3. The molecule has 0 unspecified atom stereocenters. The van der Waals surface area contributed by atoms with Crippen molar-refractivity contribution in [1.82, 2.24) is 15.0 Å². The lowest BCUT2D eigenvalue weighted by molar-refractivity contribution is 0.661. The summed E-state index contributed by atoms with van der Waals surface area (Å²) in [6.45, 7) is 4.67. The standard InChI is InChI=1S/C38H27N3/c1-38(2)29-12-5-3-10-26(29)36-30(38)22-21-28-35(36)27-11-4-6-13-32(27)41-37(28)25-19-17-24(18-20-25)31-15-9-16-34(40-31)33-14-7-8-23-39-33/h3-23H,1-2H3. The second kappa shape index (κ2) is 8.94. The first-order chi connectivity index (χ1) is 20.1. The van der Waals surface area contributed by atoms with Crippen molar-refractivity contribution in [3.8, 4) is 45.0 Å². The summed E-state index contributed by atoms with van der Waals surface area (Å²) in [6, 6.07) is 42.6. The van der Waals surface area contributed by atoms with Crippen molar-refractivity contribution in [1.29, 1.82) is 0 Å². The number of benzene rings is 4. The first kappa shape index (κ1) is 23.7. The number of pyridine rings is 3. The van der Waals surface area contributed by atoms with E-state index in [4.69, 9.17) is 9.97 Å². The van der Waals surface area contributed by atoms with Gasteiger partial charge >= 0.3 is 0 Å². The quantitative estimate of drug-likeness (QED) is 0.216. The molecule has 1 aliphatic rings. The number of nitrogens with zero attached hydrogens (tertiary/aromatic N) is 3. The maximum atomic E-state index is 5.22. The van der Waals surface area contributed by atoms with Crippen LogP contribution in [0.15, 0.2) is 128 Å². The van der Waals surface area contributed by atoms with E-state index in [2.05, 4.69) is 104 Å². The van der Waals surface area contributed by atoms with Crippen molar-refractivity contribution in [3.63, 3.8) is 0 Å². The van der Waals surface area contributed by atoms with Crippen LogP contribution in [0.1, 0.15) is 25.0 Å². The van der Waals surface area contributed by atoms with Crippen molar-refractivity contribution in [2.75, 3.05) is 0 Å². The molecule has 7 aromatic rings. The molecule has 3 aromatic heterocycles. The summed E-state index contributed by atoms with van der Waals surface area (Å²) in [4.78, 5) is 14.6. The van der Waals surface area contributed by atoms with Gasteiger partial charge in [0, 0.05) is 38.9 Å². The van der Waals surface area contributed by atoms with Gasteiger partial charge in [-0.15, -0.1) is 0 Å². The molecule has 4 aromatic carbocycles. The van der Waals surface area contributed by atoms with Crippen LogP contribution in [0, 0.1) is 0 Å². The number of para-hydroxylation sites is 1. The smallest absolute Gasteiger partial charge is 0.0893 e. The van der Waals surface area contributed by atoms with E-state index in [0.717, 1.165) is 39.4 Å². The maximum Gasteiger partial charge on any atom is 0.0893 e. The van der Waals surface area contributed by atoms with E-state index in [9.17, 15) is 0 Å². The number of fused-ring (bicyclic) bond motifs is 7. The minimum Gasteiger partial charge on any atom is -0.255 e. The van der Waals surface area contributed by atoms with Crippen LogP contribution < -0.4 is 0 Å². The minimum absolute atomic E-state index is 0.0525. The summed E-state index contributed by atoms with van der Waals surface area (Å²) in [7, 11) is 0. The fourth-order valence-corrected chi connectivity index (χ4v) is 6.51. The van der Waals surface area contributed by atoms with Crippen LogP contribution in [0.2, 0.25) is 0 Å². The summed E-state index contributed by atoms with van der Waals surface area (Å²) in [5.74, 6) is 0. The Balaban J connectivity index is 1.31. The summed E-state index contributed by atoms with van der Waals surface area (Å²) >= 11 is 0. The molecule has 0 atom stereocenters. The van der Waals surface area contributed by atoms with Crippen LogP contribution in [0.25, 0.3) is 66.7 Å². The summed E-state index contributed by atoms with van der Waals surface area (Å²) in [5.41, 5.74) is 12.2. The van der Waals surface area contributed by atoms with Crippen LogP contribution in [0.4, 0.5) is 0 Å². The molecule has 41 heavy (non-hydrogen) atoms.